The molecule has 1 atom stereocenters. The van der Waals surface area contributed by atoms with Crippen molar-refractivity contribution in [3.63, 3.8) is 0 Å². The standard InChI is InChI=1S/C30H30BrF3N8O2/c1-17-12-19(3)42(38-17)29-37-25-16-40(27(43)20-4-6-24(31)23(14-20)30(32,33)34)18(2)13-22(25)28(44)41(29)21-5-7-26(36-15-21)39-10-8-35-9-11-39/h4-7,12,14-15,18,35H,8-11,13,16H2,1-3H3/t18-/m1/s1. The van der Waals surface area contributed by atoms with Crippen molar-refractivity contribution in [2.45, 2.75) is 46.0 Å². The highest BCUT2D eigenvalue weighted by Gasteiger charge is 2.36. The number of aryl methyl sites for hydroxylation is 2. The first-order chi connectivity index (χ1) is 20.9. The monoisotopic (exact) mass is 670 g/mol. The van der Waals surface area contributed by atoms with Gasteiger partial charge in [-0.2, -0.15) is 18.3 Å². The van der Waals surface area contributed by atoms with Gasteiger partial charge < -0.3 is 15.1 Å². The quantitative estimate of drug-likeness (QED) is 0.347. The van der Waals surface area contributed by atoms with E-state index in [0.29, 0.717) is 16.9 Å². The maximum absolute atomic E-state index is 14.2. The lowest BCUT2D eigenvalue weighted by atomic mass is 9.98. The van der Waals surface area contributed by atoms with E-state index >= 15 is 0 Å². The van der Waals surface area contributed by atoms with Crippen molar-refractivity contribution in [3.05, 3.63) is 91.2 Å². The van der Waals surface area contributed by atoms with Gasteiger partial charge in [-0.25, -0.2) is 19.2 Å². The highest BCUT2D eigenvalue weighted by molar-refractivity contribution is 9.10. The summed E-state index contributed by atoms with van der Waals surface area (Å²) in [6.07, 6.45) is -2.80. The maximum atomic E-state index is 14.2. The van der Waals surface area contributed by atoms with Gasteiger partial charge in [-0.1, -0.05) is 15.9 Å². The smallest absolute Gasteiger partial charge is 0.354 e. The van der Waals surface area contributed by atoms with E-state index in [1.807, 2.05) is 32.0 Å². The number of carbonyl (C=O) groups excluding carboxylic acids is 1. The second-order valence-corrected chi connectivity index (χ2v) is 12.0. The lowest BCUT2D eigenvalue weighted by Crippen LogP contribution is -2.46. The fourth-order valence-electron chi connectivity index (χ4n) is 5.76. The van der Waals surface area contributed by atoms with E-state index in [-0.39, 0.29) is 34.5 Å². The zero-order valence-electron chi connectivity index (χ0n) is 24.3. The van der Waals surface area contributed by atoms with E-state index in [1.165, 1.54) is 21.6 Å². The van der Waals surface area contributed by atoms with E-state index in [9.17, 15) is 22.8 Å². The first-order valence-corrected chi connectivity index (χ1v) is 15.0. The highest BCUT2D eigenvalue weighted by Crippen LogP contribution is 2.36. The second-order valence-electron chi connectivity index (χ2n) is 11.1. The van der Waals surface area contributed by atoms with Crippen LogP contribution in [0.2, 0.25) is 0 Å². The van der Waals surface area contributed by atoms with Crippen LogP contribution in [-0.4, -0.2) is 67.3 Å². The normalized spacial score (nSPS) is 17.1. The number of alkyl halides is 3. The molecule has 14 heteroatoms. The van der Waals surface area contributed by atoms with Gasteiger partial charge in [-0.05, 0) is 63.6 Å². The third-order valence-electron chi connectivity index (χ3n) is 8.01. The highest BCUT2D eigenvalue weighted by atomic mass is 79.9. The average molecular weight is 672 g/mol. The molecule has 0 saturated carbocycles. The lowest BCUT2D eigenvalue weighted by Gasteiger charge is -2.34. The first-order valence-electron chi connectivity index (χ1n) is 14.2. The van der Waals surface area contributed by atoms with Crippen LogP contribution in [0.15, 0.2) is 51.9 Å². The summed E-state index contributed by atoms with van der Waals surface area (Å²) in [6.45, 7) is 8.80. The molecular weight excluding hydrogens is 641 g/mol. The Hall–Kier alpha value is -4.04. The molecule has 0 spiro atoms. The number of pyridine rings is 1. The SMILES string of the molecule is Cc1cc(C)n(-c2nc3c(c(=O)n2-c2ccc(N4CCNCC4)nc2)C[C@@H](C)N(C(=O)c2ccc(Br)c(C(F)(F)F)c2)C3)n1. The molecular formula is C30H30BrF3N8O2. The molecule has 2 aliphatic heterocycles. The topological polar surface area (TPSA) is 101 Å². The third kappa shape index (κ3) is 5.52. The van der Waals surface area contributed by atoms with Gasteiger partial charge in [-0.3, -0.25) is 9.59 Å². The first kappa shape index (κ1) is 30.0. The van der Waals surface area contributed by atoms with Gasteiger partial charge in [-0.15, -0.1) is 0 Å². The van der Waals surface area contributed by atoms with Crippen LogP contribution < -0.4 is 15.8 Å². The van der Waals surface area contributed by atoms with E-state index in [4.69, 9.17) is 4.98 Å². The lowest BCUT2D eigenvalue weighted by molar-refractivity contribution is -0.138. The number of nitrogens with zero attached hydrogens (tertiary/aromatic N) is 7. The van der Waals surface area contributed by atoms with Crippen molar-refractivity contribution in [2.75, 3.05) is 31.1 Å². The van der Waals surface area contributed by atoms with Gasteiger partial charge in [0.05, 0.1) is 35.4 Å². The molecule has 44 heavy (non-hydrogen) atoms. The van der Waals surface area contributed by atoms with Gasteiger partial charge >= 0.3 is 6.18 Å². The summed E-state index contributed by atoms with van der Waals surface area (Å²) in [7, 11) is 0. The van der Waals surface area contributed by atoms with Crippen molar-refractivity contribution in [3.8, 4) is 11.6 Å². The molecule has 6 rings (SSSR count). The fourth-order valence-corrected chi connectivity index (χ4v) is 6.23. The van der Waals surface area contributed by atoms with Crippen LogP contribution in [0, 0.1) is 13.8 Å². The molecule has 4 aromatic rings. The number of amides is 1. The molecule has 2 aliphatic rings. The number of benzene rings is 1. The van der Waals surface area contributed by atoms with Gasteiger partial charge in [0.25, 0.3) is 11.5 Å². The number of fused-ring (bicyclic) bond motifs is 1. The van der Waals surface area contributed by atoms with Crippen molar-refractivity contribution < 1.29 is 18.0 Å². The average Bonchev–Trinajstić information content (AvgIpc) is 3.34. The Morgan fingerprint density at radius 2 is 1.84 bits per heavy atom. The van der Waals surface area contributed by atoms with Crippen LogP contribution in [-0.2, 0) is 19.1 Å². The summed E-state index contributed by atoms with van der Waals surface area (Å²) in [6, 6.07) is 8.54. The van der Waals surface area contributed by atoms with Gasteiger partial charge in [0.2, 0.25) is 5.95 Å². The van der Waals surface area contributed by atoms with Crippen LogP contribution in [0.4, 0.5) is 19.0 Å². The third-order valence-corrected chi connectivity index (χ3v) is 8.70. The number of anilines is 1. The minimum absolute atomic E-state index is 0.0463. The maximum Gasteiger partial charge on any atom is 0.417 e. The van der Waals surface area contributed by atoms with Crippen molar-refractivity contribution in [2.24, 2.45) is 0 Å². The molecule has 10 nitrogen and oxygen atoms in total. The molecule has 5 heterocycles. The largest absolute Gasteiger partial charge is 0.417 e. The second kappa shape index (κ2) is 11.5. The number of halogens is 4. The number of aromatic nitrogens is 5. The number of piperazine rings is 1. The number of nitrogens with one attached hydrogen (secondary N) is 1. The van der Waals surface area contributed by atoms with Crippen LogP contribution in [0.1, 0.15) is 45.5 Å². The molecule has 1 saturated heterocycles. The molecule has 3 aromatic heterocycles. The van der Waals surface area contributed by atoms with Crippen molar-refractivity contribution >= 4 is 27.7 Å². The summed E-state index contributed by atoms with van der Waals surface area (Å²) in [5.74, 6) is 0.472. The zero-order chi connectivity index (χ0) is 31.3. The van der Waals surface area contributed by atoms with Gasteiger partial charge in [0.1, 0.15) is 5.82 Å². The molecule has 0 radical (unpaired) electrons. The van der Waals surface area contributed by atoms with Crippen molar-refractivity contribution in [1.29, 1.82) is 0 Å². The summed E-state index contributed by atoms with van der Waals surface area (Å²) < 4.78 is 43.6. The predicted octanol–water partition coefficient (Wildman–Crippen LogP) is 4.21. The van der Waals surface area contributed by atoms with Gasteiger partial charge in [0, 0.05) is 53.5 Å². The van der Waals surface area contributed by atoms with E-state index < -0.39 is 23.7 Å². The Bertz CT molecular complexity index is 1800. The van der Waals surface area contributed by atoms with Gasteiger partial charge in [0.15, 0.2) is 0 Å². The van der Waals surface area contributed by atoms with Crippen LogP contribution in [0.25, 0.3) is 11.6 Å². The van der Waals surface area contributed by atoms with Crippen LogP contribution >= 0.6 is 15.9 Å². The molecule has 1 aromatic carbocycles. The Balaban J connectivity index is 1.42. The molecule has 0 aliphatic carbocycles. The summed E-state index contributed by atoms with van der Waals surface area (Å²) in [4.78, 5) is 40.9. The minimum Gasteiger partial charge on any atom is -0.354 e. The predicted molar refractivity (Wildman–Crippen MR) is 161 cm³/mol. The number of hydrogen-bond donors (Lipinski definition) is 1. The molecule has 230 valence electrons. The Kier molecular flexibility index (Phi) is 7.82. The number of hydrogen-bond acceptors (Lipinski definition) is 7. The van der Waals surface area contributed by atoms with Crippen LogP contribution in [0.5, 0.6) is 0 Å². The molecule has 1 fully saturated rings. The summed E-state index contributed by atoms with van der Waals surface area (Å²) >= 11 is 2.93. The molecule has 1 amide bonds. The minimum atomic E-state index is -4.63. The Morgan fingerprint density at radius 3 is 2.48 bits per heavy atom. The van der Waals surface area contributed by atoms with E-state index in [1.54, 1.807) is 17.8 Å². The van der Waals surface area contributed by atoms with E-state index in [2.05, 4.69) is 36.2 Å². The molecule has 0 unspecified atom stereocenters. The van der Waals surface area contributed by atoms with Crippen LogP contribution in [0.3, 0.4) is 0 Å². The number of carbonyl (C=O) groups is 1. The fraction of sp³-hybridized carbons (Fsp3) is 0.367. The summed E-state index contributed by atoms with van der Waals surface area (Å²) in [5.41, 5.74) is 1.47. The number of rotatable bonds is 4. The Labute approximate surface area is 259 Å². The van der Waals surface area contributed by atoms with Crippen molar-refractivity contribution in [1.82, 2.24) is 34.5 Å². The zero-order valence-corrected chi connectivity index (χ0v) is 25.9. The molecule has 1 N–H and O–H groups in total. The summed E-state index contributed by atoms with van der Waals surface area (Å²) in [5, 5.41) is 7.89. The molecule has 0 bridgehead atoms. The van der Waals surface area contributed by atoms with E-state index in [0.717, 1.165) is 49.5 Å². The Morgan fingerprint density at radius 1 is 1.09 bits per heavy atom.